The summed E-state index contributed by atoms with van der Waals surface area (Å²) >= 11 is 0. The Morgan fingerprint density at radius 3 is 2.69 bits per heavy atom. The van der Waals surface area contributed by atoms with Crippen LogP contribution in [0.15, 0.2) is 54.6 Å². The molecule has 3 rings (SSSR count). The van der Waals surface area contributed by atoms with E-state index in [2.05, 4.69) is 18.2 Å². The van der Waals surface area contributed by atoms with Crippen LogP contribution in [0.5, 0.6) is 0 Å². The summed E-state index contributed by atoms with van der Waals surface area (Å²) in [5.41, 5.74) is 0.946. The molecule has 140 valence electrons. The van der Waals surface area contributed by atoms with E-state index >= 15 is 0 Å². The fourth-order valence-electron chi connectivity index (χ4n) is 4.84. The molecule has 2 saturated carbocycles. The van der Waals surface area contributed by atoms with Gasteiger partial charge in [-0.1, -0.05) is 54.6 Å². The number of hydrogen-bond donors (Lipinski definition) is 2. The number of rotatable bonds is 9. The molecule has 3 heteroatoms. The summed E-state index contributed by atoms with van der Waals surface area (Å²) in [6.07, 6.45) is 15.0. The maximum absolute atomic E-state index is 10.5. The van der Waals surface area contributed by atoms with Crippen molar-refractivity contribution in [2.45, 2.75) is 51.0 Å². The molecule has 3 nitrogen and oxygen atoms in total. The smallest absolute Gasteiger partial charge is 0.303 e. The Morgan fingerprint density at radius 2 is 1.92 bits per heavy atom. The van der Waals surface area contributed by atoms with Gasteiger partial charge in [-0.05, 0) is 67.8 Å². The molecule has 1 aromatic rings. The summed E-state index contributed by atoms with van der Waals surface area (Å²) in [6, 6.07) is 9.82. The molecule has 0 heterocycles. The van der Waals surface area contributed by atoms with Gasteiger partial charge in [0.05, 0.1) is 6.10 Å². The van der Waals surface area contributed by atoms with Gasteiger partial charge in [-0.2, -0.15) is 0 Å². The number of allylic oxidation sites excluding steroid dienone is 3. The third kappa shape index (κ3) is 4.85. The van der Waals surface area contributed by atoms with Gasteiger partial charge in [0.1, 0.15) is 0 Å². The lowest BCUT2D eigenvalue weighted by Crippen LogP contribution is -2.20. The van der Waals surface area contributed by atoms with Gasteiger partial charge in [0.25, 0.3) is 0 Å². The second kappa shape index (κ2) is 9.18. The van der Waals surface area contributed by atoms with Crippen molar-refractivity contribution in [1.29, 1.82) is 0 Å². The summed E-state index contributed by atoms with van der Waals surface area (Å²) < 4.78 is 0. The molecule has 0 radical (unpaired) electrons. The predicted octanol–water partition coefficient (Wildman–Crippen LogP) is 5.14. The zero-order chi connectivity index (χ0) is 18.4. The minimum atomic E-state index is -0.714. The van der Waals surface area contributed by atoms with Crippen molar-refractivity contribution in [3.63, 3.8) is 0 Å². The highest BCUT2D eigenvalue weighted by Crippen LogP contribution is 2.54. The highest BCUT2D eigenvalue weighted by Gasteiger charge is 2.45. The molecule has 0 spiro atoms. The van der Waals surface area contributed by atoms with Crippen molar-refractivity contribution in [3.05, 3.63) is 60.2 Å². The van der Waals surface area contributed by atoms with E-state index in [1.807, 2.05) is 36.4 Å². The van der Waals surface area contributed by atoms with Crippen LogP contribution in [0.1, 0.15) is 56.6 Å². The largest absolute Gasteiger partial charge is 0.481 e. The number of aliphatic hydroxyl groups is 1. The zero-order valence-corrected chi connectivity index (χ0v) is 15.3. The van der Waals surface area contributed by atoms with Crippen LogP contribution >= 0.6 is 0 Å². The van der Waals surface area contributed by atoms with Gasteiger partial charge in [0.15, 0.2) is 0 Å². The van der Waals surface area contributed by atoms with Gasteiger partial charge in [0, 0.05) is 6.42 Å². The number of fused-ring (bicyclic) bond motifs is 2. The van der Waals surface area contributed by atoms with Gasteiger partial charge < -0.3 is 10.2 Å². The maximum atomic E-state index is 10.5. The van der Waals surface area contributed by atoms with E-state index in [1.54, 1.807) is 0 Å². The molecular formula is C23H30O3. The number of hydrogen-bond acceptors (Lipinski definition) is 2. The number of aliphatic hydroxyl groups excluding tert-OH is 1. The SMILES string of the molecule is O=C(O)CCCC=CC[C@@H]1[C@@H]2CC[C@@H](C2)[C@@H]1C=CC(O)c1ccccc1. The van der Waals surface area contributed by atoms with E-state index in [1.165, 1.54) is 19.3 Å². The molecule has 2 aliphatic rings. The first-order chi connectivity index (χ1) is 12.6. The van der Waals surface area contributed by atoms with Crippen LogP contribution in [-0.4, -0.2) is 16.2 Å². The summed E-state index contributed by atoms with van der Waals surface area (Å²) in [4.78, 5) is 10.5. The van der Waals surface area contributed by atoms with Crippen LogP contribution in [0.4, 0.5) is 0 Å². The minimum Gasteiger partial charge on any atom is -0.481 e. The Hall–Kier alpha value is -1.87. The van der Waals surface area contributed by atoms with Gasteiger partial charge in [-0.3, -0.25) is 4.79 Å². The summed E-state index contributed by atoms with van der Waals surface area (Å²) in [5, 5.41) is 19.1. The zero-order valence-electron chi connectivity index (χ0n) is 15.3. The molecule has 2 N–H and O–H groups in total. The molecule has 2 fully saturated rings. The average molecular weight is 354 g/mol. The lowest BCUT2D eigenvalue weighted by atomic mass is 9.77. The van der Waals surface area contributed by atoms with Crippen LogP contribution in [0.25, 0.3) is 0 Å². The Balaban J connectivity index is 1.54. The number of aliphatic carboxylic acids is 1. The minimum absolute atomic E-state index is 0.251. The second-order valence-electron chi connectivity index (χ2n) is 7.81. The quantitative estimate of drug-likeness (QED) is 0.477. The highest BCUT2D eigenvalue weighted by atomic mass is 16.4. The second-order valence-corrected chi connectivity index (χ2v) is 7.81. The average Bonchev–Trinajstić information content (AvgIpc) is 3.24. The molecule has 2 aliphatic carbocycles. The molecule has 1 aromatic carbocycles. The Labute approximate surface area is 156 Å². The van der Waals surface area contributed by atoms with Crippen LogP contribution in [0.3, 0.4) is 0 Å². The summed E-state index contributed by atoms with van der Waals surface area (Å²) in [6.45, 7) is 0. The number of unbranched alkanes of at least 4 members (excludes halogenated alkanes) is 1. The Kier molecular flexibility index (Phi) is 6.67. The lowest BCUT2D eigenvalue weighted by Gasteiger charge is -2.28. The fourth-order valence-corrected chi connectivity index (χ4v) is 4.84. The number of carbonyl (C=O) groups is 1. The first-order valence-electron chi connectivity index (χ1n) is 9.93. The van der Waals surface area contributed by atoms with Crippen molar-refractivity contribution in [1.82, 2.24) is 0 Å². The van der Waals surface area contributed by atoms with E-state index < -0.39 is 12.1 Å². The van der Waals surface area contributed by atoms with Gasteiger partial charge in [-0.25, -0.2) is 0 Å². The number of carboxylic acid groups (broad SMARTS) is 1. The third-order valence-electron chi connectivity index (χ3n) is 6.15. The molecule has 0 aromatic heterocycles. The maximum Gasteiger partial charge on any atom is 0.303 e. The Morgan fingerprint density at radius 1 is 1.15 bits per heavy atom. The monoisotopic (exact) mass is 354 g/mol. The summed E-state index contributed by atoms with van der Waals surface area (Å²) in [5.74, 6) is 2.10. The highest BCUT2D eigenvalue weighted by molar-refractivity contribution is 5.66. The number of benzene rings is 1. The molecule has 2 bridgehead atoms. The first kappa shape index (κ1) is 18.9. The summed E-state index contributed by atoms with van der Waals surface area (Å²) in [7, 11) is 0. The van der Waals surface area contributed by atoms with E-state index in [-0.39, 0.29) is 6.42 Å². The lowest BCUT2D eigenvalue weighted by molar-refractivity contribution is -0.137. The van der Waals surface area contributed by atoms with Gasteiger partial charge in [0.2, 0.25) is 0 Å². The van der Waals surface area contributed by atoms with Crippen molar-refractivity contribution in [2.24, 2.45) is 23.7 Å². The van der Waals surface area contributed by atoms with Crippen LogP contribution in [-0.2, 0) is 4.79 Å². The van der Waals surface area contributed by atoms with Gasteiger partial charge >= 0.3 is 5.97 Å². The first-order valence-corrected chi connectivity index (χ1v) is 9.93. The van der Waals surface area contributed by atoms with E-state index in [0.717, 1.165) is 36.7 Å². The molecule has 0 saturated heterocycles. The number of carboxylic acids is 1. The molecule has 5 atom stereocenters. The van der Waals surface area contributed by atoms with E-state index in [0.29, 0.717) is 11.8 Å². The van der Waals surface area contributed by atoms with Crippen molar-refractivity contribution in [2.75, 3.05) is 0 Å². The van der Waals surface area contributed by atoms with Crippen molar-refractivity contribution < 1.29 is 15.0 Å². The molecule has 1 unspecified atom stereocenters. The van der Waals surface area contributed by atoms with Gasteiger partial charge in [-0.15, -0.1) is 0 Å². The molecular weight excluding hydrogens is 324 g/mol. The third-order valence-corrected chi connectivity index (χ3v) is 6.15. The van der Waals surface area contributed by atoms with Crippen LogP contribution in [0, 0.1) is 23.7 Å². The molecule has 0 amide bonds. The van der Waals surface area contributed by atoms with Crippen molar-refractivity contribution in [3.8, 4) is 0 Å². The molecule has 26 heavy (non-hydrogen) atoms. The standard InChI is InChI=1S/C23H30O3/c24-22(17-8-4-3-5-9-17)15-14-21-19-13-12-18(16-19)20(21)10-6-1-2-7-11-23(25)26/h1,3-6,8-9,14-15,18-22,24H,2,7,10-13,16H2,(H,25,26)/t18-,19+,20-,21+,22?/m1/s1. The van der Waals surface area contributed by atoms with E-state index in [4.69, 9.17) is 5.11 Å². The van der Waals surface area contributed by atoms with Crippen LogP contribution in [0.2, 0.25) is 0 Å². The topological polar surface area (TPSA) is 57.5 Å². The van der Waals surface area contributed by atoms with E-state index in [9.17, 15) is 9.90 Å². The predicted molar refractivity (Wildman–Crippen MR) is 104 cm³/mol. The normalized spacial score (nSPS) is 29.0. The fraction of sp³-hybridized carbons (Fsp3) is 0.522. The van der Waals surface area contributed by atoms with Crippen LogP contribution < -0.4 is 0 Å². The van der Waals surface area contributed by atoms with Crippen molar-refractivity contribution >= 4 is 5.97 Å². The Bertz CT molecular complexity index is 634. The molecule has 0 aliphatic heterocycles.